The number of thioether (sulfide) groups is 1. The molecule has 4 rings (SSSR count). The zero-order chi connectivity index (χ0) is 23.5. The van der Waals surface area contributed by atoms with Crippen LogP contribution in [0.3, 0.4) is 0 Å². The van der Waals surface area contributed by atoms with Gasteiger partial charge in [-0.05, 0) is 56.4 Å². The van der Waals surface area contributed by atoms with E-state index in [0.717, 1.165) is 41.0 Å². The molecule has 0 saturated carbocycles. The number of hydrogen-bond acceptors (Lipinski definition) is 8. The maximum absolute atomic E-state index is 12.6. The first-order chi connectivity index (χ1) is 15.9. The predicted octanol–water partition coefficient (Wildman–Crippen LogP) is 4.33. The molecule has 1 aromatic carbocycles. The molecule has 8 nitrogen and oxygen atoms in total. The largest absolute Gasteiger partial charge is 0.483 e. The second-order valence-corrected chi connectivity index (χ2v) is 9.91. The lowest BCUT2D eigenvalue weighted by molar-refractivity contribution is -0.113. The number of rotatable bonds is 8. The molecule has 0 radical (unpaired) electrons. The van der Waals surface area contributed by atoms with E-state index >= 15 is 0 Å². The summed E-state index contributed by atoms with van der Waals surface area (Å²) >= 11 is 2.75. The number of hydrogen-bond donors (Lipinski definition) is 1. The predicted molar refractivity (Wildman–Crippen MR) is 128 cm³/mol. The first kappa shape index (κ1) is 23.3. The number of carbonyl (C=O) groups is 2. The van der Waals surface area contributed by atoms with Crippen molar-refractivity contribution in [3.05, 3.63) is 51.7 Å². The van der Waals surface area contributed by atoms with Crippen LogP contribution in [0.15, 0.2) is 29.4 Å². The van der Waals surface area contributed by atoms with Gasteiger partial charge in [-0.15, -0.1) is 21.5 Å². The van der Waals surface area contributed by atoms with Crippen LogP contribution in [-0.2, 0) is 29.4 Å². The average Bonchev–Trinajstić information content (AvgIpc) is 3.46. The summed E-state index contributed by atoms with van der Waals surface area (Å²) in [6.07, 6.45) is 2.49. The molecule has 0 aliphatic heterocycles. The van der Waals surface area contributed by atoms with Gasteiger partial charge in [0.25, 0.3) is 0 Å². The molecular weight excluding hydrogens is 460 g/mol. The maximum Gasteiger partial charge on any atom is 0.341 e. The SMILES string of the molecule is COC(=O)c1c(NC(=O)CSc2nnc(C(C)Oc3cccc(C)c3)n2C)sc2c1CCC2. The summed E-state index contributed by atoms with van der Waals surface area (Å²) in [4.78, 5) is 26.1. The Morgan fingerprint density at radius 2 is 2.12 bits per heavy atom. The van der Waals surface area contributed by atoms with Gasteiger partial charge in [0, 0.05) is 11.9 Å². The number of aryl methyl sites for hydroxylation is 2. The number of benzene rings is 1. The van der Waals surface area contributed by atoms with Crippen LogP contribution >= 0.6 is 23.1 Å². The van der Waals surface area contributed by atoms with Gasteiger partial charge < -0.3 is 19.4 Å². The number of fused-ring (bicyclic) bond motifs is 1. The molecule has 2 aromatic heterocycles. The van der Waals surface area contributed by atoms with E-state index in [1.54, 1.807) is 0 Å². The summed E-state index contributed by atoms with van der Waals surface area (Å²) in [7, 11) is 3.21. The molecule has 0 saturated heterocycles. The normalized spacial score (nSPS) is 13.5. The van der Waals surface area contributed by atoms with E-state index in [1.807, 2.05) is 49.7 Å². The second-order valence-electron chi connectivity index (χ2n) is 7.87. The molecule has 1 atom stereocenters. The van der Waals surface area contributed by atoms with E-state index in [2.05, 4.69) is 15.5 Å². The Morgan fingerprint density at radius 3 is 2.88 bits per heavy atom. The molecule has 174 valence electrons. The minimum Gasteiger partial charge on any atom is -0.483 e. The number of nitrogens with zero attached hydrogens (tertiary/aromatic N) is 3. The third-order valence-corrected chi connectivity index (χ3v) is 7.66. The lowest BCUT2D eigenvalue weighted by Gasteiger charge is -2.14. The fraction of sp³-hybridized carbons (Fsp3) is 0.391. The smallest absolute Gasteiger partial charge is 0.341 e. The molecule has 1 unspecified atom stereocenters. The van der Waals surface area contributed by atoms with Gasteiger partial charge in [0.1, 0.15) is 10.8 Å². The van der Waals surface area contributed by atoms with E-state index in [1.165, 1.54) is 30.2 Å². The molecule has 0 spiro atoms. The zero-order valence-electron chi connectivity index (χ0n) is 19.0. The van der Waals surface area contributed by atoms with Crippen molar-refractivity contribution < 1.29 is 19.1 Å². The summed E-state index contributed by atoms with van der Waals surface area (Å²) in [5.74, 6) is 0.962. The minimum atomic E-state index is -0.405. The molecule has 10 heteroatoms. The van der Waals surface area contributed by atoms with E-state index in [9.17, 15) is 9.59 Å². The third-order valence-electron chi connectivity index (χ3n) is 5.43. The highest BCUT2D eigenvalue weighted by molar-refractivity contribution is 7.99. The highest BCUT2D eigenvalue weighted by atomic mass is 32.2. The number of carbonyl (C=O) groups excluding carboxylic acids is 2. The summed E-state index contributed by atoms with van der Waals surface area (Å²) in [5, 5.41) is 12.5. The topological polar surface area (TPSA) is 95.3 Å². The fourth-order valence-corrected chi connectivity index (χ4v) is 5.87. The van der Waals surface area contributed by atoms with Crippen LogP contribution in [0.25, 0.3) is 0 Å². The zero-order valence-corrected chi connectivity index (χ0v) is 20.6. The Labute approximate surface area is 200 Å². The maximum atomic E-state index is 12.6. The lowest BCUT2D eigenvalue weighted by atomic mass is 10.1. The van der Waals surface area contributed by atoms with Crippen LogP contribution in [0.4, 0.5) is 5.00 Å². The van der Waals surface area contributed by atoms with Gasteiger partial charge >= 0.3 is 5.97 Å². The van der Waals surface area contributed by atoms with E-state index in [0.29, 0.717) is 21.5 Å². The standard InChI is InChI=1S/C23H26N4O4S2/c1-13-7-5-8-15(11-13)31-14(2)20-25-26-23(27(20)3)32-12-18(28)24-21-19(22(29)30-4)16-9-6-10-17(16)33-21/h5,7-8,11,14H,6,9-10,12H2,1-4H3,(H,24,28). The molecular formula is C23H26N4O4S2. The van der Waals surface area contributed by atoms with E-state index in [-0.39, 0.29) is 17.8 Å². The molecule has 1 aliphatic carbocycles. The Hall–Kier alpha value is -2.85. The minimum absolute atomic E-state index is 0.141. The highest BCUT2D eigenvalue weighted by Crippen LogP contribution is 2.39. The molecule has 1 N–H and O–H groups in total. The van der Waals surface area contributed by atoms with Gasteiger partial charge in [0.2, 0.25) is 5.91 Å². The third kappa shape index (κ3) is 5.06. The van der Waals surface area contributed by atoms with Crippen molar-refractivity contribution in [3.8, 4) is 5.75 Å². The van der Waals surface area contributed by atoms with Gasteiger partial charge in [0.15, 0.2) is 17.1 Å². The quantitative estimate of drug-likeness (QED) is 0.374. The van der Waals surface area contributed by atoms with Crippen LogP contribution in [0, 0.1) is 6.92 Å². The number of esters is 1. The van der Waals surface area contributed by atoms with E-state index in [4.69, 9.17) is 9.47 Å². The number of methoxy groups -OCH3 is 1. The van der Waals surface area contributed by atoms with Crippen molar-refractivity contribution in [2.75, 3.05) is 18.2 Å². The number of thiophene rings is 1. The Balaban J connectivity index is 1.39. The fourth-order valence-electron chi connectivity index (χ4n) is 3.85. The van der Waals surface area contributed by atoms with Crippen molar-refractivity contribution in [3.63, 3.8) is 0 Å². The summed E-state index contributed by atoms with van der Waals surface area (Å²) in [6.45, 7) is 3.93. The van der Waals surface area contributed by atoms with Crippen molar-refractivity contribution in [1.82, 2.24) is 14.8 Å². The Kier molecular flexibility index (Phi) is 7.04. The van der Waals surface area contributed by atoms with Crippen molar-refractivity contribution in [2.45, 2.75) is 44.4 Å². The van der Waals surface area contributed by atoms with Crippen LogP contribution in [0.5, 0.6) is 5.75 Å². The van der Waals surface area contributed by atoms with Crippen LogP contribution in [-0.4, -0.2) is 39.5 Å². The number of amides is 1. The lowest BCUT2D eigenvalue weighted by Crippen LogP contribution is -2.16. The number of ether oxygens (including phenoxy) is 2. The highest BCUT2D eigenvalue weighted by Gasteiger charge is 2.28. The van der Waals surface area contributed by atoms with Gasteiger partial charge in [-0.1, -0.05) is 23.9 Å². The monoisotopic (exact) mass is 486 g/mol. The van der Waals surface area contributed by atoms with E-state index < -0.39 is 5.97 Å². The van der Waals surface area contributed by atoms with Crippen molar-refractivity contribution in [1.29, 1.82) is 0 Å². The van der Waals surface area contributed by atoms with Gasteiger partial charge in [-0.3, -0.25) is 4.79 Å². The first-order valence-corrected chi connectivity index (χ1v) is 12.5. The molecule has 1 amide bonds. The average molecular weight is 487 g/mol. The van der Waals surface area contributed by atoms with Gasteiger partial charge in [-0.2, -0.15) is 0 Å². The number of anilines is 1. The Morgan fingerprint density at radius 1 is 1.30 bits per heavy atom. The summed E-state index contributed by atoms with van der Waals surface area (Å²) in [6, 6.07) is 7.83. The van der Waals surface area contributed by atoms with Gasteiger partial charge in [0.05, 0.1) is 18.4 Å². The molecule has 0 fully saturated rings. The number of nitrogens with one attached hydrogen (secondary N) is 1. The van der Waals surface area contributed by atoms with Crippen LogP contribution in [0.1, 0.15) is 51.6 Å². The van der Waals surface area contributed by atoms with Crippen LogP contribution in [0.2, 0.25) is 0 Å². The van der Waals surface area contributed by atoms with Crippen LogP contribution < -0.4 is 10.1 Å². The molecule has 1 aliphatic rings. The second kappa shape index (κ2) is 9.96. The Bertz CT molecular complexity index is 1190. The van der Waals surface area contributed by atoms with Gasteiger partial charge in [-0.25, -0.2) is 4.79 Å². The van der Waals surface area contributed by atoms with Crippen molar-refractivity contribution >= 4 is 40.0 Å². The van der Waals surface area contributed by atoms with Crippen molar-refractivity contribution in [2.24, 2.45) is 7.05 Å². The molecule has 2 heterocycles. The summed E-state index contributed by atoms with van der Waals surface area (Å²) < 4.78 is 12.8. The molecule has 0 bridgehead atoms. The molecule has 33 heavy (non-hydrogen) atoms. The number of aromatic nitrogens is 3. The molecule has 3 aromatic rings. The first-order valence-electron chi connectivity index (χ1n) is 10.7. The summed E-state index contributed by atoms with van der Waals surface area (Å²) in [5.41, 5.74) is 2.62.